The van der Waals surface area contributed by atoms with E-state index < -0.39 is 0 Å². The molecule has 0 unspecified atom stereocenters. The minimum atomic E-state index is -0.157. The lowest BCUT2D eigenvalue weighted by Gasteiger charge is -2.05. The summed E-state index contributed by atoms with van der Waals surface area (Å²) in [5.41, 5.74) is 2.63. The summed E-state index contributed by atoms with van der Waals surface area (Å²) >= 11 is 0. The third kappa shape index (κ3) is 9.48. The van der Waals surface area contributed by atoms with Crippen LogP contribution in [0.5, 0.6) is 0 Å². The SMILES string of the molecule is CCCCCC(=O)ONCCNCC. The molecular weight excluding hydrogens is 180 g/mol. The van der Waals surface area contributed by atoms with Gasteiger partial charge in [0.1, 0.15) is 0 Å². The van der Waals surface area contributed by atoms with Gasteiger partial charge >= 0.3 is 5.97 Å². The van der Waals surface area contributed by atoms with E-state index in [-0.39, 0.29) is 5.97 Å². The Bertz CT molecular complexity index is 140. The molecule has 0 heterocycles. The van der Waals surface area contributed by atoms with Crippen molar-refractivity contribution in [3.05, 3.63) is 0 Å². The molecule has 0 aliphatic carbocycles. The fraction of sp³-hybridized carbons (Fsp3) is 0.900. The van der Waals surface area contributed by atoms with Crippen LogP contribution < -0.4 is 10.8 Å². The van der Waals surface area contributed by atoms with Gasteiger partial charge in [-0.3, -0.25) is 4.79 Å². The number of rotatable bonds is 9. The molecule has 4 heteroatoms. The van der Waals surface area contributed by atoms with Crippen molar-refractivity contribution in [2.45, 2.75) is 39.5 Å². The van der Waals surface area contributed by atoms with Crippen LogP contribution in [0.1, 0.15) is 39.5 Å². The fourth-order valence-electron chi connectivity index (χ4n) is 1.02. The number of hydrogen-bond donors (Lipinski definition) is 2. The maximum Gasteiger partial charge on any atom is 0.324 e. The molecule has 0 aromatic rings. The highest BCUT2D eigenvalue weighted by Crippen LogP contribution is 1.99. The van der Waals surface area contributed by atoms with Crippen LogP contribution in [0.15, 0.2) is 0 Å². The second-order valence-electron chi connectivity index (χ2n) is 3.18. The summed E-state index contributed by atoms with van der Waals surface area (Å²) in [7, 11) is 0. The summed E-state index contributed by atoms with van der Waals surface area (Å²) in [4.78, 5) is 15.9. The summed E-state index contributed by atoms with van der Waals surface area (Å²) in [5.74, 6) is -0.157. The van der Waals surface area contributed by atoms with E-state index >= 15 is 0 Å². The van der Waals surface area contributed by atoms with Gasteiger partial charge in [0.15, 0.2) is 0 Å². The van der Waals surface area contributed by atoms with Crippen LogP contribution in [0.2, 0.25) is 0 Å². The second-order valence-corrected chi connectivity index (χ2v) is 3.18. The van der Waals surface area contributed by atoms with Crippen LogP contribution in [-0.4, -0.2) is 25.6 Å². The molecule has 0 radical (unpaired) electrons. The normalized spacial score (nSPS) is 10.1. The Labute approximate surface area is 86.4 Å². The van der Waals surface area contributed by atoms with Crippen molar-refractivity contribution in [2.24, 2.45) is 0 Å². The van der Waals surface area contributed by atoms with E-state index in [4.69, 9.17) is 4.84 Å². The molecule has 4 nitrogen and oxygen atoms in total. The zero-order chi connectivity index (χ0) is 10.6. The predicted octanol–water partition coefficient (Wildman–Crippen LogP) is 1.22. The highest BCUT2D eigenvalue weighted by molar-refractivity contribution is 5.68. The van der Waals surface area contributed by atoms with Crippen LogP contribution in [0.25, 0.3) is 0 Å². The first-order valence-electron chi connectivity index (χ1n) is 5.44. The summed E-state index contributed by atoms with van der Waals surface area (Å²) in [5, 5.41) is 3.12. The summed E-state index contributed by atoms with van der Waals surface area (Å²) in [6.45, 7) is 6.56. The van der Waals surface area contributed by atoms with Crippen molar-refractivity contribution < 1.29 is 9.63 Å². The van der Waals surface area contributed by atoms with Gasteiger partial charge in [0.25, 0.3) is 0 Å². The second kappa shape index (κ2) is 10.5. The lowest BCUT2D eigenvalue weighted by Crippen LogP contribution is -2.29. The Hall–Kier alpha value is -0.610. The molecule has 0 spiro atoms. The molecule has 2 N–H and O–H groups in total. The van der Waals surface area contributed by atoms with Gasteiger partial charge in [0, 0.05) is 19.5 Å². The lowest BCUT2D eigenvalue weighted by atomic mass is 10.2. The van der Waals surface area contributed by atoms with Crippen molar-refractivity contribution >= 4 is 5.97 Å². The van der Waals surface area contributed by atoms with Crippen LogP contribution in [-0.2, 0) is 9.63 Å². The molecule has 0 aromatic carbocycles. The third-order valence-electron chi connectivity index (χ3n) is 1.82. The first kappa shape index (κ1) is 13.4. The first-order valence-corrected chi connectivity index (χ1v) is 5.44. The van der Waals surface area contributed by atoms with Crippen molar-refractivity contribution in [3.63, 3.8) is 0 Å². The van der Waals surface area contributed by atoms with Crippen LogP contribution in [0.4, 0.5) is 0 Å². The predicted molar refractivity (Wildman–Crippen MR) is 56.8 cm³/mol. The molecule has 84 valence electrons. The number of hydrogen-bond acceptors (Lipinski definition) is 4. The summed E-state index contributed by atoms with van der Waals surface area (Å²) in [6, 6.07) is 0. The highest BCUT2D eigenvalue weighted by atomic mass is 16.7. The number of unbranched alkanes of at least 4 members (excludes halogenated alkanes) is 2. The van der Waals surface area contributed by atoms with E-state index in [1.165, 1.54) is 0 Å². The van der Waals surface area contributed by atoms with Gasteiger partial charge in [-0.15, -0.1) is 0 Å². The zero-order valence-electron chi connectivity index (χ0n) is 9.27. The number of nitrogens with one attached hydrogen (secondary N) is 2. The lowest BCUT2D eigenvalue weighted by molar-refractivity contribution is -0.151. The summed E-state index contributed by atoms with van der Waals surface area (Å²) < 4.78 is 0. The minimum Gasteiger partial charge on any atom is -0.371 e. The quantitative estimate of drug-likeness (QED) is 0.436. The minimum absolute atomic E-state index is 0.157. The van der Waals surface area contributed by atoms with Crippen LogP contribution in [0, 0.1) is 0 Å². The van der Waals surface area contributed by atoms with Crippen molar-refractivity contribution in [3.8, 4) is 0 Å². The molecule has 0 fully saturated rings. The van der Waals surface area contributed by atoms with Crippen molar-refractivity contribution in [2.75, 3.05) is 19.6 Å². The molecule has 0 aliphatic rings. The molecular formula is C10H22N2O2. The van der Waals surface area contributed by atoms with Gasteiger partial charge in [0.2, 0.25) is 0 Å². The average Bonchev–Trinajstić information content (AvgIpc) is 2.18. The monoisotopic (exact) mass is 202 g/mol. The Morgan fingerprint density at radius 2 is 2.00 bits per heavy atom. The summed E-state index contributed by atoms with van der Waals surface area (Å²) in [6.07, 6.45) is 3.65. The van der Waals surface area contributed by atoms with E-state index in [9.17, 15) is 4.79 Å². The van der Waals surface area contributed by atoms with Gasteiger partial charge < -0.3 is 10.2 Å². The average molecular weight is 202 g/mol. The topological polar surface area (TPSA) is 50.4 Å². The number of carbonyl (C=O) groups excluding carboxylic acids is 1. The van der Waals surface area contributed by atoms with Gasteiger partial charge in [0.05, 0.1) is 0 Å². The third-order valence-corrected chi connectivity index (χ3v) is 1.82. The Morgan fingerprint density at radius 1 is 1.21 bits per heavy atom. The maximum atomic E-state index is 11.0. The first-order chi connectivity index (χ1) is 6.81. The van der Waals surface area contributed by atoms with Crippen molar-refractivity contribution in [1.82, 2.24) is 10.8 Å². The maximum absolute atomic E-state index is 11.0. The van der Waals surface area contributed by atoms with E-state index in [2.05, 4.69) is 17.7 Å². The zero-order valence-corrected chi connectivity index (χ0v) is 9.27. The molecule has 0 bridgehead atoms. The van der Waals surface area contributed by atoms with E-state index in [1.807, 2.05) is 6.92 Å². The standard InChI is InChI=1S/C10H22N2O2/c1-3-5-6-7-10(13)14-12-9-8-11-4-2/h11-12H,3-9H2,1-2H3. The molecule has 0 amide bonds. The van der Waals surface area contributed by atoms with Crippen LogP contribution >= 0.6 is 0 Å². The van der Waals surface area contributed by atoms with E-state index in [0.717, 1.165) is 32.4 Å². The molecule has 0 rings (SSSR count). The molecule has 0 aromatic heterocycles. The highest BCUT2D eigenvalue weighted by Gasteiger charge is 2.00. The molecule has 0 aliphatic heterocycles. The number of likely N-dealkylation sites (N-methyl/N-ethyl adjacent to an activating group) is 1. The fourth-order valence-corrected chi connectivity index (χ4v) is 1.02. The molecule has 0 saturated carbocycles. The molecule has 0 atom stereocenters. The van der Waals surface area contributed by atoms with Crippen LogP contribution in [0.3, 0.4) is 0 Å². The van der Waals surface area contributed by atoms with Gasteiger partial charge in [-0.25, -0.2) is 0 Å². The number of hydroxylamine groups is 1. The largest absolute Gasteiger partial charge is 0.371 e. The van der Waals surface area contributed by atoms with Gasteiger partial charge in [-0.1, -0.05) is 26.7 Å². The number of carbonyl (C=O) groups is 1. The van der Waals surface area contributed by atoms with Crippen molar-refractivity contribution in [1.29, 1.82) is 0 Å². The Kier molecular flexibility index (Phi) is 10.0. The molecule has 14 heavy (non-hydrogen) atoms. The Balaban J connectivity index is 3.10. The molecule has 0 saturated heterocycles. The van der Waals surface area contributed by atoms with Gasteiger partial charge in [-0.05, 0) is 13.0 Å². The Morgan fingerprint density at radius 3 is 2.64 bits per heavy atom. The van der Waals surface area contributed by atoms with E-state index in [1.54, 1.807) is 0 Å². The van der Waals surface area contributed by atoms with E-state index in [0.29, 0.717) is 13.0 Å². The smallest absolute Gasteiger partial charge is 0.324 e. The van der Waals surface area contributed by atoms with Gasteiger partial charge in [-0.2, -0.15) is 5.48 Å².